The van der Waals surface area contributed by atoms with Crippen LogP contribution in [0.15, 0.2) is 42.6 Å². The Hall–Kier alpha value is -3.32. The lowest BCUT2D eigenvalue weighted by molar-refractivity contribution is 0.380. The van der Waals surface area contributed by atoms with Gasteiger partial charge in [0.05, 0.1) is 12.5 Å². The topological polar surface area (TPSA) is 63.2 Å². The highest BCUT2D eigenvalue weighted by atomic mass is 19.1. The molecular weight excluding hydrogens is 405 g/mol. The van der Waals surface area contributed by atoms with E-state index in [1.54, 1.807) is 6.20 Å². The normalized spacial score (nSPS) is 20.3. The number of ether oxygens (including phenoxy) is 1. The number of hydrogen-bond acceptors (Lipinski definition) is 6. The highest BCUT2D eigenvalue weighted by Crippen LogP contribution is 2.36. The minimum Gasteiger partial charge on any atom is -0.467 e. The van der Waals surface area contributed by atoms with Crippen LogP contribution in [0, 0.1) is 12.7 Å². The molecular formula is C25H24FN5O. The Morgan fingerprint density at radius 2 is 1.81 bits per heavy atom. The molecule has 0 aliphatic carbocycles. The van der Waals surface area contributed by atoms with Gasteiger partial charge in [0.15, 0.2) is 5.82 Å². The van der Waals surface area contributed by atoms with E-state index in [2.05, 4.69) is 25.2 Å². The van der Waals surface area contributed by atoms with Gasteiger partial charge in [0.25, 0.3) is 0 Å². The van der Waals surface area contributed by atoms with E-state index in [0.29, 0.717) is 29.0 Å². The number of pyridine rings is 1. The first kappa shape index (κ1) is 19.4. The van der Waals surface area contributed by atoms with Crippen molar-refractivity contribution in [3.8, 4) is 17.3 Å². The van der Waals surface area contributed by atoms with Crippen LogP contribution in [0.3, 0.4) is 0 Å². The molecule has 0 amide bonds. The SMILES string of the molecule is COc1nc(N2C[C@H]3CC[C@@H](C2)N3)c2cnc(-c3cccc4cccc(C)c34)c(F)c2n1. The summed E-state index contributed by atoms with van der Waals surface area (Å²) < 4.78 is 21.4. The molecule has 6 rings (SSSR count). The minimum absolute atomic E-state index is 0.170. The molecule has 6 nitrogen and oxygen atoms in total. The van der Waals surface area contributed by atoms with Crippen LogP contribution in [-0.4, -0.2) is 47.2 Å². The Morgan fingerprint density at radius 3 is 2.56 bits per heavy atom. The summed E-state index contributed by atoms with van der Waals surface area (Å²) in [5.41, 5.74) is 2.38. The van der Waals surface area contributed by atoms with Gasteiger partial charge in [-0.05, 0) is 36.1 Å². The third-order valence-electron chi connectivity index (χ3n) is 6.71. The van der Waals surface area contributed by atoms with E-state index in [1.807, 2.05) is 43.3 Å². The van der Waals surface area contributed by atoms with E-state index >= 15 is 4.39 Å². The number of rotatable bonds is 3. The largest absolute Gasteiger partial charge is 0.467 e. The molecule has 2 fully saturated rings. The van der Waals surface area contributed by atoms with Gasteiger partial charge in [0, 0.05) is 36.9 Å². The van der Waals surface area contributed by atoms with Crippen LogP contribution in [-0.2, 0) is 0 Å². The average Bonchev–Trinajstić information content (AvgIpc) is 3.16. The van der Waals surface area contributed by atoms with E-state index in [-0.39, 0.29) is 11.5 Å². The van der Waals surface area contributed by atoms with E-state index in [0.717, 1.165) is 47.8 Å². The number of nitrogens with one attached hydrogen (secondary N) is 1. The second-order valence-corrected chi connectivity index (χ2v) is 8.74. The van der Waals surface area contributed by atoms with Crippen molar-refractivity contribution in [2.24, 2.45) is 0 Å². The molecule has 2 saturated heterocycles. The molecule has 32 heavy (non-hydrogen) atoms. The van der Waals surface area contributed by atoms with Crippen molar-refractivity contribution in [1.29, 1.82) is 0 Å². The Balaban J connectivity index is 1.56. The third kappa shape index (κ3) is 2.99. The summed E-state index contributed by atoms with van der Waals surface area (Å²) in [6.07, 6.45) is 4.01. The second kappa shape index (κ2) is 7.38. The highest BCUT2D eigenvalue weighted by Gasteiger charge is 2.34. The monoisotopic (exact) mass is 429 g/mol. The number of methoxy groups -OCH3 is 1. The Kier molecular flexibility index (Phi) is 4.47. The molecule has 0 spiro atoms. The van der Waals surface area contributed by atoms with Crippen molar-refractivity contribution >= 4 is 27.5 Å². The van der Waals surface area contributed by atoms with Crippen LogP contribution in [0.25, 0.3) is 32.9 Å². The molecule has 7 heteroatoms. The average molecular weight is 429 g/mol. The van der Waals surface area contributed by atoms with Crippen molar-refractivity contribution in [3.63, 3.8) is 0 Å². The summed E-state index contributed by atoms with van der Waals surface area (Å²) >= 11 is 0. The lowest BCUT2D eigenvalue weighted by Crippen LogP contribution is -2.51. The summed E-state index contributed by atoms with van der Waals surface area (Å²) in [5.74, 6) is 0.246. The highest BCUT2D eigenvalue weighted by molar-refractivity contribution is 6.00. The number of piperazine rings is 1. The number of fused-ring (bicyclic) bond motifs is 4. The van der Waals surface area contributed by atoms with E-state index in [1.165, 1.54) is 7.11 Å². The summed E-state index contributed by atoms with van der Waals surface area (Å²) in [4.78, 5) is 15.8. The van der Waals surface area contributed by atoms with Gasteiger partial charge in [-0.3, -0.25) is 4.98 Å². The maximum atomic E-state index is 16.0. The zero-order valence-corrected chi connectivity index (χ0v) is 18.1. The van der Waals surface area contributed by atoms with Crippen LogP contribution >= 0.6 is 0 Å². The Labute approximate surface area is 185 Å². The lowest BCUT2D eigenvalue weighted by Gasteiger charge is -2.34. The summed E-state index contributed by atoms with van der Waals surface area (Å²) in [5, 5.41) is 6.30. The molecule has 162 valence electrons. The number of hydrogen-bond donors (Lipinski definition) is 1. The number of aromatic nitrogens is 3. The molecule has 2 bridgehead atoms. The first-order chi connectivity index (χ1) is 15.6. The summed E-state index contributed by atoms with van der Waals surface area (Å²) in [6.45, 7) is 3.70. The maximum absolute atomic E-state index is 16.0. The molecule has 2 atom stereocenters. The smallest absolute Gasteiger partial charge is 0.318 e. The minimum atomic E-state index is -0.446. The Morgan fingerprint density at radius 1 is 1.06 bits per heavy atom. The first-order valence-electron chi connectivity index (χ1n) is 11.0. The maximum Gasteiger partial charge on any atom is 0.318 e. The predicted octanol–water partition coefficient (Wildman–Crippen LogP) is 4.24. The van der Waals surface area contributed by atoms with Gasteiger partial charge >= 0.3 is 6.01 Å². The molecule has 0 unspecified atom stereocenters. The van der Waals surface area contributed by atoms with Crippen LogP contribution in [0.5, 0.6) is 6.01 Å². The quantitative estimate of drug-likeness (QED) is 0.526. The fourth-order valence-electron chi connectivity index (χ4n) is 5.24. The van der Waals surface area contributed by atoms with Crippen molar-refractivity contribution in [1.82, 2.24) is 20.3 Å². The molecule has 2 aromatic carbocycles. The summed E-state index contributed by atoms with van der Waals surface area (Å²) in [6, 6.07) is 13.0. The number of nitrogens with zero attached hydrogens (tertiary/aromatic N) is 4. The van der Waals surface area contributed by atoms with Gasteiger partial charge in [-0.1, -0.05) is 36.4 Å². The van der Waals surface area contributed by atoms with Crippen molar-refractivity contribution in [3.05, 3.63) is 54.0 Å². The molecule has 4 aromatic rings. The van der Waals surface area contributed by atoms with Crippen molar-refractivity contribution in [2.75, 3.05) is 25.1 Å². The number of benzene rings is 2. The molecule has 0 radical (unpaired) electrons. The molecule has 1 N–H and O–H groups in total. The molecule has 0 saturated carbocycles. The van der Waals surface area contributed by atoms with Gasteiger partial charge in [-0.25, -0.2) is 4.39 Å². The van der Waals surface area contributed by atoms with Crippen LogP contribution in [0.1, 0.15) is 18.4 Å². The molecule has 2 aromatic heterocycles. The van der Waals surface area contributed by atoms with Gasteiger partial charge in [-0.15, -0.1) is 0 Å². The van der Waals surface area contributed by atoms with Crippen LogP contribution in [0.4, 0.5) is 10.2 Å². The number of aryl methyl sites for hydroxylation is 1. The fourth-order valence-corrected chi connectivity index (χ4v) is 5.24. The third-order valence-corrected chi connectivity index (χ3v) is 6.71. The van der Waals surface area contributed by atoms with E-state index in [9.17, 15) is 0 Å². The van der Waals surface area contributed by atoms with Crippen LogP contribution < -0.4 is 15.0 Å². The summed E-state index contributed by atoms with van der Waals surface area (Å²) in [7, 11) is 1.51. The zero-order chi connectivity index (χ0) is 21.8. The van der Waals surface area contributed by atoms with Crippen LogP contribution in [0.2, 0.25) is 0 Å². The van der Waals surface area contributed by atoms with Crippen molar-refractivity contribution in [2.45, 2.75) is 31.8 Å². The lowest BCUT2D eigenvalue weighted by atomic mass is 9.97. The fraction of sp³-hybridized carbons (Fsp3) is 0.320. The van der Waals surface area contributed by atoms with Gasteiger partial charge in [-0.2, -0.15) is 9.97 Å². The van der Waals surface area contributed by atoms with E-state index in [4.69, 9.17) is 4.74 Å². The van der Waals surface area contributed by atoms with Gasteiger partial charge in [0.2, 0.25) is 0 Å². The van der Waals surface area contributed by atoms with Gasteiger partial charge < -0.3 is 15.0 Å². The molecule has 2 aliphatic heterocycles. The predicted molar refractivity (Wildman–Crippen MR) is 124 cm³/mol. The van der Waals surface area contributed by atoms with Gasteiger partial charge in [0.1, 0.15) is 17.0 Å². The van der Waals surface area contributed by atoms with Crippen molar-refractivity contribution < 1.29 is 9.13 Å². The Bertz CT molecular complexity index is 1340. The first-order valence-corrected chi connectivity index (χ1v) is 11.0. The standard InChI is InChI=1S/C25H24FN5O/c1-14-5-3-6-15-7-4-8-18(20(14)15)22-21(26)23-19(11-27-22)24(30-25(29-23)32-2)31-12-16-9-10-17(13-31)28-16/h3-8,11,16-17,28H,9-10,12-13H2,1-2H3/t16-,17+. The van der Waals surface area contributed by atoms with E-state index < -0.39 is 5.82 Å². The zero-order valence-electron chi connectivity index (χ0n) is 18.1. The number of halogens is 1. The molecule has 4 heterocycles. The second-order valence-electron chi connectivity index (χ2n) is 8.74. The molecule has 2 aliphatic rings. The number of anilines is 1.